The van der Waals surface area contributed by atoms with Crippen LogP contribution in [0.1, 0.15) is 17.5 Å². The minimum absolute atomic E-state index is 0.0527. The normalized spacial score (nSPS) is 10.1. The summed E-state index contributed by atoms with van der Waals surface area (Å²) in [4.78, 5) is 25.6. The summed E-state index contributed by atoms with van der Waals surface area (Å²) in [7, 11) is 3.29. The van der Waals surface area contributed by atoms with Gasteiger partial charge in [-0.05, 0) is 37.1 Å². The molecule has 1 aromatic carbocycles. The van der Waals surface area contributed by atoms with Gasteiger partial charge in [0.1, 0.15) is 0 Å². The molecule has 0 unspecified atom stereocenters. The van der Waals surface area contributed by atoms with E-state index in [4.69, 9.17) is 5.11 Å². The Morgan fingerprint density at radius 3 is 2.11 bits per heavy atom. The molecule has 0 fully saturated rings. The molecule has 5 heteroatoms. The van der Waals surface area contributed by atoms with Crippen LogP contribution in [0, 0.1) is 13.8 Å². The zero-order valence-electron chi connectivity index (χ0n) is 11.8. The van der Waals surface area contributed by atoms with E-state index in [2.05, 4.69) is 0 Å². The lowest BCUT2D eigenvalue weighted by molar-refractivity contribution is -0.137. The first-order chi connectivity index (χ1) is 8.81. The predicted octanol–water partition coefficient (Wildman–Crippen LogP) is 2.27. The van der Waals surface area contributed by atoms with Crippen LogP contribution < -0.4 is 4.90 Å². The SMILES string of the molecule is Cc1cc(C)cc(N(C)C(=O)N(C)CCC(=O)O)c1. The van der Waals surface area contributed by atoms with Crippen LogP contribution >= 0.6 is 0 Å². The molecule has 19 heavy (non-hydrogen) atoms. The summed E-state index contributed by atoms with van der Waals surface area (Å²) in [5, 5.41) is 8.62. The van der Waals surface area contributed by atoms with Crippen LogP contribution in [0.2, 0.25) is 0 Å². The number of hydrogen-bond donors (Lipinski definition) is 1. The molecule has 0 heterocycles. The zero-order valence-corrected chi connectivity index (χ0v) is 11.8. The molecule has 0 saturated carbocycles. The third kappa shape index (κ3) is 4.28. The molecule has 0 aliphatic rings. The first kappa shape index (κ1) is 15.0. The van der Waals surface area contributed by atoms with E-state index >= 15 is 0 Å². The molecule has 0 aromatic heterocycles. The summed E-state index contributed by atoms with van der Waals surface area (Å²) < 4.78 is 0. The molecule has 0 atom stereocenters. The number of anilines is 1. The lowest BCUT2D eigenvalue weighted by Crippen LogP contribution is -2.39. The van der Waals surface area contributed by atoms with Crippen molar-refractivity contribution in [1.29, 1.82) is 0 Å². The molecule has 0 spiro atoms. The number of aryl methyl sites for hydroxylation is 2. The maximum Gasteiger partial charge on any atom is 0.323 e. The van der Waals surface area contributed by atoms with Gasteiger partial charge in [0.2, 0.25) is 0 Å². The number of rotatable bonds is 4. The van der Waals surface area contributed by atoms with Gasteiger partial charge in [0.25, 0.3) is 0 Å². The number of carbonyl (C=O) groups excluding carboxylic acids is 1. The van der Waals surface area contributed by atoms with Gasteiger partial charge in [-0.2, -0.15) is 0 Å². The first-order valence-electron chi connectivity index (χ1n) is 6.10. The highest BCUT2D eigenvalue weighted by molar-refractivity contribution is 5.91. The number of carbonyl (C=O) groups is 2. The van der Waals surface area contributed by atoms with Gasteiger partial charge < -0.3 is 10.0 Å². The van der Waals surface area contributed by atoms with E-state index in [1.54, 1.807) is 14.1 Å². The summed E-state index contributed by atoms with van der Waals surface area (Å²) in [5.41, 5.74) is 2.98. The molecule has 0 aliphatic heterocycles. The Bertz CT molecular complexity index is 465. The van der Waals surface area contributed by atoms with Crippen molar-refractivity contribution in [3.8, 4) is 0 Å². The Morgan fingerprint density at radius 1 is 1.11 bits per heavy atom. The minimum atomic E-state index is -0.909. The highest BCUT2D eigenvalue weighted by Crippen LogP contribution is 2.18. The summed E-state index contributed by atoms with van der Waals surface area (Å²) in [6.45, 7) is 4.15. The summed E-state index contributed by atoms with van der Waals surface area (Å²) in [5.74, 6) is -0.909. The van der Waals surface area contributed by atoms with Crippen molar-refractivity contribution < 1.29 is 14.7 Å². The fraction of sp³-hybridized carbons (Fsp3) is 0.429. The second kappa shape index (κ2) is 6.22. The maximum absolute atomic E-state index is 12.1. The Hall–Kier alpha value is -2.04. The molecule has 1 rings (SSSR count). The number of amides is 2. The average molecular weight is 264 g/mol. The van der Waals surface area contributed by atoms with Gasteiger partial charge in [-0.15, -0.1) is 0 Å². The largest absolute Gasteiger partial charge is 0.481 e. The second-order valence-corrected chi connectivity index (χ2v) is 4.75. The topological polar surface area (TPSA) is 60.9 Å². The maximum atomic E-state index is 12.1. The minimum Gasteiger partial charge on any atom is -0.481 e. The van der Waals surface area contributed by atoms with Crippen LogP contribution in [-0.4, -0.2) is 42.6 Å². The van der Waals surface area contributed by atoms with Crippen molar-refractivity contribution >= 4 is 17.7 Å². The quantitative estimate of drug-likeness (QED) is 0.907. The number of hydrogen-bond acceptors (Lipinski definition) is 2. The van der Waals surface area contributed by atoms with Crippen molar-refractivity contribution in [3.05, 3.63) is 29.3 Å². The molecule has 1 aromatic rings. The average Bonchev–Trinajstić information content (AvgIpc) is 2.32. The van der Waals surface area contributed by atoms with E-state index in [-0.39, 0.29) is 19.0 Å². The molecule has 0 radical (unpaired) electrons. The van der Waals surface area contributed by atoms with Crippen molar-refractivity contribution in [3.63, 3.8) is 0 Å². The number of aliphatic carboxylic acids is 1. The molecule has 0 aliphatic carbocycles. The number of benzene rings is 1. The molecular weight excluding hydrogens is 244 g/mol. The van der Waals surface area contributed by atoms with Crippen molar-refractivity contribution in [1.82, 2.24) is 4.90 Å². The van der Waals surface area contributed by atoms with E-state index in [9.17, 15) is 9.59 Å². The van der Waals surface area contributed by atoms with E-state index in [1.165, 1.54) is 9.80 Å². The zero-order chi connectivity index (χ0) is 14.6. The smallest absolute Gasteiger partial charge is 0.323 e. The molecule has 0 bridgehead atoms. The summed E-state index contributed by atoms with van der Waals surface area (Å²) in [6, 6.07) is 5.67. The van der Waals surface area contributed by atoms with Crippen molar-refractivity contribution in [2.75, 3.05) is 25.5 Å². The van der Waals surface area contributed by atoms with Gasteiger partial charge in [-0.25, -0.2) is 4.79 Å². The van der Waals surface area contributed by atoms with Gasteiger partial charge in [0.05, 0.1) is 6.42 Å². The van der Waals surface area contributed by atoms with E-state index in [0.717, 1.165) is 16.8 Å². The van der Waals surface area contributed by atoms with E-state index in [1.807, 2.05) is 32.0 Å². The standard InChI is InChI=1S/C14H20N2O3/c1-10-7-11(2)9-12(8-10)16(4)14(19)15(3)6-5-13(17)18/h7-9H,5-6H2,1-4H3,(H,17,18). The number of carboxylic acids is 1. The van der Waals surface area contributed by atoms with Gasteiger partial charge in [-0.1, -0.05) is 6.07 Å². The highest BCUT2D eigenvalue weighted by Gasteiger charge is 2.16. The fourth-order valence-electron chi connectivity index (χ4n) is 1.87. The lowest BCUT2D eigenvalue weighted by Gasteiger charge is -2.25. The second-order valence-electron chi connectivity index (χ2n) is 4.75. The Balaban J connectivity index is 2.78. The van der Waals surface area contributed by atoms with Crippen molar-refractivity contribution in [2.24, 2.45) is 0 Å². The molecule has 104 valence electrons. The highest BCUT2D eigenvalue weighted by atomic mass is 16.4. The van der Waals surface area contributed by atoms with Crippen LogP contribution in [-0.2, 0) is 4.79 Å². The summed E-state index contributed by atoms with van der Waals surface area (Å²) >= 11 is 0. The molecular formula is C14H20N2O3. The van der Waals surface area contributed by atoms with E-state index in [0.29, 0.717) is 0 Å². The van der Waals surface area contributed by atoms with Crippen LogP contribution in [0.15, 0.2) is 18.2 Å². The third-order valence-electron chi connectivity index (χ3n) is 2.87. The Kier molecular flexibility index (Phi) is 4.92. The molecule has 5 nitrogen and oxygen atoms in total. The Morgan fingerprint density at radius 2 is 1.63 bits per heavy atom. The van der Waals surface area contributed by atoms with Crippen LogP contribution in [0.25, 0.3) is 0 Å². The fourth-order valence-corrected chi connectivity index (χ4v) is 1.87. The van der Waals surface area contributed by atoms with Crippen LogP contribution in [0.5, 0.6) is 0 Å². The van der Waals surface area contributed by atoms with Gasteiger partial charge in [0.15, 0.2) is 0 Å². The van der Waals surface area contributed by atoms with Gasteiger partial charge >= 0.3 is 12.0 Å². The number of urea groups is 1. The molecule has 1 N–H and O–H groups in total. The van der Waals surface area contributed by atoms with Crippen LogP contribution in [0.4, 0.5) is 10.5 Å². The molecule has 2 amide bonds. The number of nitrogens with zero attached hydrogens (tertiary/aromatic N) is 2. The van der Waals surface area contributed by atoms with Crippen molar-refractivity contribution in [2.45, 2.75) is 20.3 Å². The predicted molar refractivity (Wildman–Crippen MR) is 74.6 cm³/mol. The monoisotopic (exact) mass is 264 g/mol. The Labute approximate surface area is 113 Å². The third-order valence-corrected chi connectivity index (χ3v) is 2.87. The lowest BCUT2D eigenvalue weighted by atomic mass is 10.1. The molecule has 0 saturated heterocycles. The van der Waals surface area contributed by atoms with Gasteiger partial charge in [-0.3, -0.25) is 9.69 Å². The van der Waals surface area contributed by atoms with E-state index < -0.39 is 5.97 Å². The number of carboxylic acid groups (broad SMARTS) is 1. The first-order valence-corrected chi connectivity index (χ1v) is 6.10. The van der Waals surface area contributed by atoms with Crippen LogP contribution in [0.3, 0.4) is 0 Å². The van der Waals surface area contributed by atoms with Gasteiger partial charge in [0, 0.05) is 26.3 Å². The summed E-state index contributed by atoms with van der Waals surface area (Å²) in [6.07, 6.45) is -0.0527.